The first-order valence-electron chi connectivity index (χ1n) is 7.13. The van der Waals surface area contributed by atoms with Gasteiger partial charge in [-0.2, -0.15) is 0 Å². The fraction of sp³-hybridized carbons (Fsp3) is 0.400. The molecule has 2 atom stereocenters. The lowest BCUT2D eigenvalue weighted by Gasteiger charge is -2.09. The maximum absolute atomic E-state index is 12.0. The van der Waals surface area contributed by atoms with Crippen LogP contribution in [0.25, 0.3) is 10.6 Å². The monoisotopic (exact) mass is 338 g/mol. The zero-order valence-electron chi connectivity index (χ0n) is 12.1. The van der Waals surface area contributed by atoms with E-state index in [1.54, 1.807) is 0 Å². The van der Waals surface area contributed by atoms with E-state index in [9.17, 15) is 4.79 Å². The summed E-state index contributed by atoms with van der Waals surface area (Å²) in [6.45, 7) is 0.440. The van der Waals surface area contributed by atoms with E-state index >= 15 is 0 Å². The molecule has 1 saturated carbocycles. The molecule has 2 unspecified atom stereocenters. The Hall–Kier alpha value is -1.50. The second-order valence-corrected chi connectivity index (χ2v) is 6.42. The van der Waals surface area contributed by atoms with Crippen molar-refractivity contribution in [1.82, 2.24) is 15.5 Å². The summed E-state index contributed by atoms with van der Waals surface area (Å²) < 4.78 is 0. The van der Waals surface area contributed by atoms with Gasteiger partial charge in [-0.15, -0.1) is 22.6 Å². The van der Waals surface area contributed by atoms with Crippen LogP contribution in [0.2, 0.25) is 0 Å². The molecule has 1 aliphatic carbocycles. The summed E-state index contributed by atoms with van der Waals surface area (Å²) in [7, 11) is 0. The molecule has 118 valence electrons. The van der Waals surface area contributed by atoms with Crippen LogP contribution in [0, 0.1) is 5.92 Å². The number of benzene rings is 1. The second kappa shape index (κ2) is 7.67. The number of nitrogens with zero attached hydrogens (tertiary/aromatic N) is 2. The first-order valence-corrected chi connectivity index (χ1v) is 7.95. The highest BCUT2D eigenvalue weighted by Gasteiger charge is 2.27. The molecule has 22 heavy (non-hydrogen) atoms. The standard InChI is InChI=1S/C15H18N4OS.ClH/c16-12-7-6-11(8-12)14(20)17-9-13-18-19-15(21-13)10-4-2-1-3-5-10;/h1-5,11-12H,6-9,16H2,(H,17,20);1H. The Labute approximate surface area is 139 Å². The summed E-state index contributed by atoms with van der Waals surface area (Å²) >= 11 is 1.51. The molecule has 1 aromatic heterocycles. The lowest BCUT2D eigenvalue weighted by atomic mass is 10.1. The highest BCUT2D eigenvalue weighted by Crippen LogP contribution is 2.25. The zero-order chi connectivity index (χ0) is 14.7. The number of carbonyl (C=O) groups excluding carboxylic acids is 1. The Kier molecular flexibility index (Phi) is 5.88. The summed E-state index contributed by atoms with van der Waals surface area (Å²) in [5, 5.41) is 12.9. The van der Waals surface area contributed by atoms with Crippen molar-refractivity contribution in [3.05, 3.63) is 35.3 Å². The molecular formula is C15H19ClN4OS. The van der Waals surface area contributed by atoms with Crippen molar-refractivity contribution in [2.75, 3.05) is 0 Å². The normalized spacial score (nSPS) is 20.4. The lowest BCUT2D eigenvalue weighted by molar-refractivity contribution is -0.125. The number of halogens is 1. The molecule has 1 aliphatic rings. The van der Waals surface area contributed by atoms with Crippen molar-refractivity contribution in [3.63, 3.8) is 0 Å². The summed E-state index contributed by atoms with van der Waals surface area (Å²) in [6, 6.07) is 10.1. The van der Waals surface area contributed by atoms with Gasteiger partial charge < -0.3 is 11.1 Å². The zero-order valence-corrected chi connectivity index (χ0v) is 13.7. The molecule has 0 radical (unpaired) electrons. The Morgan fingerprint density at radius 3 is 2.73 bits per heavy atom. The molecule has 1 heterocycles. The maximum atomic E-state index is 12.0. The molecular weight excluding hydrogens is 320 g/mol. The van der Waals surface area contributed by atoms with Gasteiger partial charge in [0.1, 0.15) is 10.0 Å². The van der Waals surface area contributed by atoms with Gasteiger partial charge in [0.25, 0.3) is 0 Å². The summed E-state index contributed by atoms with van der Waals surface area (Å²) in [6.07, 6.45) is 2.62. The van der Waals surface area contributed by atoms with Crippen LogP contribution in [0.1, 0.15) is 24.3 Å². The topological polar surface area (TPSA) is 80.9 Å². The fourth-order valence-corrected chi connectivity index (χ4v) is 3.37. The molecule has 3 N–H and O–H groups in total. The van der Waals surface area contributed by atoms with Gasteiger partial charge in [0.15, 0.2) is 0 Å². The summed E-state index contributed by atoms with van der Waals surface area (Å²) in [4.78, 5) is 12.0. The van der Waals surface area contributed by atoms with E-state index in [-0.39, 0.29) is 30.3 Å². The van der Waals surface area contributed by atoms with E-state index in [1.807, 2.05) is 30.3 Å². The first-order chi connectivity index (χ1) is 10.2. The SMILES string of the molecule is Cl.NC1CCC(C(=O)NCc2nnc(-c3ccccc3)s2)C1. The van der Waals surface area contributed by atoms with Crippen molar-refractivity contribution < 1.29 is 4.79 Å². The van der Waals surface area contributed by atoms with E-state index in [1.165, 1.54) is 11.3 Å². The molecule has 1 amide bonds. The largest absolute Gasteiger partial charge is 0.349 e. The Balaban J connectivity index is 0.00000176. The highest BCUT2D eigenvalue weighted by atomic mass is 35.5. The lowest BCUT2D eigenvalue weighted by Crippen LogP contribution is -2.29. The van der Waals surface area contributed by atoms with Gasteiger partial charge >= 0.3 is 0 Å². The predicted octanol–water partition coefficient (Wildman–Crippen LogP) is 2.37. The van der Waals surface area contributed by atoms with Crippen LogP contribution >= 0.6 is 23.7 Å². The molecule has 7 heteroatoms. The first kappa shape index (κ1) is 16.9. The Morgan fingerprint density at radius 2 is 2.05 bits per heavy atom. The van der Waals surface area contributed by atoms with Gasteiger partial charge in [-0.25, -0.2) is 0 Å². The van der Waals surface area contributed by atoms with Crippen LogP contribution < -0.4 is 11.1 Å². The predicted molar refractivity (Wildman–Crippen MR) is 89.8 cm³/mol. The number of amides is 1. The number of hydrogen-bond acceptors (Lipinski definition) is 5. The van der Waals surface area contributed by atoms with Crippen LogP contribution in [0.3, 0.4) is 0 Å². The van der Waals surface area contributed by atoms with Crippen molar-refractivity contribution in [2.24, 2.45) is 11.7 Å². The average molecular weight is 339 g/mol. The van der Waals surface area contributed by atoms with Crippen molar-refractivity contribution >= 4 is 29.7 Å². The third-order valence-electron chi connectivity index (χ3n) is 3.75. The van der Waals surface area contributed by atoms with Crippen LogP contribution in [-0.2, 0) is 11.3 Å². The molecule has 1 aromatic carbocycles. The quantitative estimate of drug-likeness (QED) is 0.896. The molecule has 2 aromatic rings. The fourth-order valence-electron chi connectivity index (χ4n) is 2.58. The van der Waals surface area contributed by atoms with Crippen LogP contribution in [0.5, 0.6) is 0 Å². The van der Waals surface area contributed by atoms with E-state index in [2.05, 4.69) is 15.5 Å². The third kappa shape index (κ3) is 4.03. The molecule has 5 nitrogen and oxygen atoms in total. The number of rotatable bonds is 4. The van der Waals surface area contributed by atoms with Crippen LogP contribution in [-0.4, -0.2) is 22.1 Å². The van der Waals surface area contributed by atoms with Gasteiger partial charge in [-0.3, -0.25) is 4.79 Å². The Bertz CT molecular complexity index is 619. The molecule has 0 bridgehead atoms. The number of hydrogen-bond donors (Lipinski definition) is 2. The average Bonchev–Trinajstić information content (AvgIpc) is 3.15. The summed E-state index contributed by atoms with van der Waals surface area (Å²) in [5.74, 6) is 0.140. The van der Waals surface area contributed by atoms with E-state index in [0.29, 0.717) is 6.54 Å². The minimum absolute atomic E-state index is 0. The maximum Gasteiger partial charge on any atom is 0.223 e. The van der Waals surface area contributed by atoms with Gasteiger partial charge in [0, 0.05) is 17.5 Å². The van der Waals surface area contributed by atoms with Gasteiger partial charge in [0.2, 0.25) is 5.91 Å². The second-order valence-electron chi connectivity index (χ2n) is 5.35. The van der Waals surface area contributed by atoms with E-state index in [4.69, 9.17) is 5.73 Å². The van der Waals surface area contributed by atoms with Crippen LogP contribution in [0.4, 0.5) is 0 Å². The third-order valence-corrected chi connectivity index (χ3v) is 4.72. The van der Waals surface area contributed by atoms with Crippen molar-refractivity contribution in [2.45, 2.75) is 31.8 Å². The van der Waals surface area contributed by atoms with Gasteiger partial charge in [-0.05, 0) is 19.3 Å². The van der Waals surface area contributed by atoms with E-state index in [0.717, 1.165) is 34.8 Å². The highest BCUT2D eigenvalue weighted by molar-refractivity contribution is 7.14. The number of aromatic nitrogens is 2. The molecule has 0 spiro atoms. The van der Waals surface area contributed by atoms with E-state index < -0.39 is 0 Å². The van der Waals surface area contributed by atoms with Crippen molar-refractivity contribution in [1.29, 1.82) is 0 Å². The van der Waals surface area contributed by atoms with Crippen LogP contribution in [0.15, 0.2) is 30.3 Å². The van der Waals surface area contributed by atoms with Gasteiger partial charge in [0.05, 0.1) is 6.54 Å². The Morgan fingerprint density at radius 1 is 1.27 bits per heavy atom. The number of nitrogens with one attached hydrogen (secondary N) is 1. The molecule has 0 saturated heterocycles. The minimum atomic E-state index is 0. The smallest absolute Gasteiger partial charge is 0.223 e. The number of nitrogens with two attached hydrogens (primary N) is 1. The molecule has 3 rings (SSSR count). The number of carbonyl (C=O) groups is 1. The summed E-state index contributed by atoms with van der Waals surface area (Å²) in [5.41, 5.74) is 6.89. The van der Waals surface area contributed by atoms with Crippen molar-refractivity contribution in [3.8, 4) is 10.6 Å². The molecule has 1 fully saturated rings. The van der Waals surface area contributed by atoms with Gasteiger partial charge in [-0.1, -0.05) is 41.7 Å². The molecule has 0 aliphatic heterocycles. The minimum Gasteiger partial charge on any atom is -0.349 e.